The molecule has 0 saturated carbocycles. The molecular weight excluding hydrogens is 297 g/mol. The highest BCUT2D eigenvalue weighted by atomic mass is 35.5. The van der Waals surface area contributed by atoms with Gasteiger partial charge >= 0.3 is 6.18 Å². The summed E-state index contributed by atoms with van der Waals surface area (Å²) in [7, 11) is 0. The van der Waals surface area contributed by atoms with Crippen molar-refractivity contribution in [3.05, 3.63) is 38.9 Å². The molecule has 0 amide bonds. The minimum Gasteiger partial charge on any atom is -0.313 e. The maximum Gasteiger partial charge on any atom is 0.389 e. The van der Waals surface area contributed by atoms with Crippen molar-refractivity contribution in [1.29, 1.82) is 0 Å². The van der Waals surface area contributed by atoms with Gasteiger partial charge in [-0.3, -0.25) is 10.1 Å². The standard InChI is InChI=1S/C12H14ClF3N2O2/c13-11-7-10(18(19)20)4-3-9(11)8-17-6-2-1-5-12(14,15)16/h3-4,7,17H,1-2,5-6,8H2. The number of hydrogen-bond acceptors (Lipinski definition) is 3. The zero-order chi connectivity index (χ0) is 15.2. The van der Waals surface area contributed by atoms with Crippen LogP contribution in [0.2, 0.25) is 5.02 Å². The highest BCUT2D eigenvalue weighted by Gasteiger charge is 2.25. The van der Waals surface area contributed by atoms with Crippen LogP contribution < -0.4 is 5.32 Å². The Hall–Kier alpha value is -1.34. The normalized spacial score (nSPS) is 11.6. The van der Waals surface area contributed by atoms with E-state index in [4.69, 9.17) is 11.6 Å². The van der Waals surface area contributed by atoms with Crippen LogP contribution in [-0.2, 0) is 6.54 Å². The Kier molecular flexibility index (Phi) is 6.22. The van der Waals surface area contributed by atoms with E-state index >= 15 is 0 Å². The number of nitrogens with one attached hydrogen (secondary N) is 1. The Balaban J connectivity index is 2.31. The van der Waals surface area contributed by atoms with Gasteiger partial charge in [-0.25, -0.2) is 0 Å². The molecule has 0 saturated heterocycles. The molecule has 0 aromatic heterocycles. The summed E-state index contributed by atoms with van der Waals surface area (Å²) in [5.41, 5.74) is 0.581. The molecule has 1 aromatic carbocycles. The van der Waals surface area contributed by atoms with E-state index in [1.165, 1.54) is 18.2 Å². The average molecular weight is 311 g/mol. The van der Waals surface area contributed by atoms with Crippen molar-refractivity contribution in [3.63, 3.8) is 0 Å². The van der Waals surface area contributed by atoms with Gasteiger partial charge in [0, 0.05) is 25.1 Å². The fourth-order valence-corrected chi connectivity index (χ4v) is 1.83. The van der Waals surface area contributed by atoms with Gasteiger partial charge in [-0.1, -0.05) is 11.6 Å². The molecule has 0 aliphatic heterocycles. The largest absolute Gasteiger partial charge is 0.389 e. The summed E-state index contributed by atoms with van der Waals surface area (Å²) < 4.78 is 35.7. The van der Waals surface area contributed by atoms with E-state index in [9.17, 15) is 23.3 Å². The Morgan fingerprint density at radius 1 is 1.30 bits per heavy atom. The zero-order valence-corrected chi connectivity index (χ0v) is 11.3. The molecular formula is C12H14ClF3N2O2. The maximum absolute atomic E-state index is 11.9. The molecule has 0 unspecified atom stereocenters. The van der Waals surface area contributed by atoms with Gasteiger partial charge in [0.05, 0.1) is 9.95 Å². The number of nitro groups is 1. The molecule has 1 rings (SSSR count). The smallest absolute Gasteiger partial charge is 0.313 e. The monoisotopic (exact) mass is 310 g/mol. The predicted molar refractivity (Wildman–Crippen MR) is 69.7 cm³/mol. The van der Waals surface area contributed by atoms with Crippen molar-refractivity contribution in [2.45, 2.75) is 32.0 Å². The van der Waals surface area contributed by atoms with E-state index in [1.54, 1.807) is 0 Å². The lowest BCUT2D eigenvalue weighted by Crippen LogP contribution is -2.16. The van der Waals surface area contributed by atoms with Crippen molar-refractivity contribution in [2.24, 2.45) is 0 Å². The quantitative estimate of drug-likeness (QED) is 0.469. The second-order valence-corrected chi connectivity index (χ2v) is 4.69. The van der Waals surface area contributed by atoms with Crippen LogP contribution >= 0.6 is 11.6 Å². The van der Waals surface area contributed by atoms with E-state index in [0.29, 0.717) is 25.1 Å². The van der Waals surface area contributed by atoms with Crippen LogP contribution in [0.25, 0.3) is 0 Å². The van der Waals surface area contributed by atoms with Crippen molar-refractivity contribution in [1.82, 2.24) is 5.32 Å². The van der Waals surface area contributed by atoms with Gasteiger partial charge in [0.15, 0.2) is 0 Å². The molecule has 112 valence electrons. The minimum absolute atomic E-state index is 0.0739. The molecule has 0 radical (unpaired) electrons. The number of alkyl halides is 3. The van der Waals surface area contributed by atoms with Crippen LogP contribution in [-0.4, -0.2) is 17.6 Å². The van der Waals surface area contributed by atoms with Crippen LogP contribution in [0, 0.1) is 10.1 Å². The Morgan fingerprint density at radius 2 is 2.00 bits per heavy atom. The number of non-ortho nitro benzene ring substituents is 1. The van der Waals surface area contributed by atoms with E-state index in [2.05, 4.69) is 5.32 Å². The molecule has 8 heteroatoms. The first-order valence-electron chi connectivity index (χ1n) is 6.00. The van der Waals surface area contributed by atoms with Crippen molar-refractivity contribution in [3.8, 4) is 0 Å². The Bertz CT molecular complexity index is 467. The Labute approximate surface area is 119 Å². The molecule has 0 aliphatic carbocycles. The van der Waals surface area contributed by atoms with Crippen molar-refractivity contribution < 1.29 is 18.1 Å². The Morgan fingerprint density at radius 3 is 2.55 bits per heavy atom. The molecule has 1 aromatic rings. The summed E-state index contributed by atoms with van der Waals surface area (Å²) >= 11 is 5.88. The number of nitrogens with zero attached hydrogens (tertiary/aromatic N) is 1. The third-order valence-corrected chi connectivity index (χ3v) is 2.98. The summed E-state index contributed by atoms with van der Waals surface area (Å²) in [6, 6.07) is 4.12. The molecule has 4 nitrogen and oxygen atoms in total. The molecule has 0 fully saturated rings. The number of benzene rings is 1. The van der Waals surface area contributed by atoms with Gasteiger partial charge in [-0.15, -0.1) is 0 Å². The highest BCUT2D eigenvalue weighted by molar-refractivity contribution is 6.31. The molecule has 0 heterocycles. The lowest BCUT2D eigenvalue weighted by Gasteiger charge is -2.08. The van der Waals surface area contributed by atoms with E-state index in [1.807, 2.05) is 0 Å². The average Bonchev–Trinajstić information content (AvgIpc) is 2.33. The number of hydrogen-bond donors (Lipinski definition) is 1. The SMILES string of the molecule is O=[N+]([O-])c1ccc(CNCCCCC(F)(F)F)c(Cl)c1. The minimum atomic E-state index is -4.11. The molecule has 0 bridgehead atoms. The molecule has 0 atom stereocenters. The van der Waals surface area contributed by atoms with Crippen LogP contribution in [0.4, 0.5) is 18.9 Å². The van der Waals surface area contributed by atoms with Crippen LogP contribution in [0.5, 0.6) is 0 Å². The number of halogens is 4. The van der Waals surface area contributed by atoms with Gasteiger partial charge in [-0.05, 0) is 31.0 Å². The highest BCUT2D eigenvalue weighted by Crippen LogP contribution is 2.23. The first-order chi connectivity index (χ1) is 9.29. The van der Waals surface area contributed by atoms with Crippen LogP contribution in [0.15, 0.2) is 18.2 Å². The second kappa shape index (κ2) is 7.44. The van der Waals surface area contributed by atoms with Crippen molar-refractivity contribution in [2.75, 3.05) is 6.54 Å². The molecule has 20 heavy (non-hydrogen) atoms. The molecule has 0 aliphatic rings. The number of nitro benzene ring substituents is 1. The topological polar surface area (TPSA) is 55.2 Å². The van der Waals surface area contributed by atoms with Gasteiger partial charge in [0.2, 0.25) is 0 Å². The van der Waals surface area contributed by atoms with Crippen molar-refractivity contribution >= 4 is 17.3 Å². The number of rotatable bonds is 7. The van der Waals surface area contributed by atoms with Crippen LogP contribution in [0.1, 0.15) is 24.8 Å². The number of unbranched alkanes of at least 4 members (excludes halogenated alkanes) is 1. The third-order valence-electron chi connectivity index (χ3n) is 2.63. The van der Waals surface area contributed by atoms with E-state index in [-0.39, 0.29) is 17.1 Å². The fourth-order valence-electron chi connectivity index (χ4n) is 1.59. The van der Waals surface area contributed by atoms with Gasteiger partial charge in [0.1, 0.15) is 0 Å². The summed E-state index contributed by atoms with van der Waals surface area (Å²) in [4.78, 5) is 9.98. The second-order valence-electron chi connectivity index (χ2n) is 4.28. The van der Waals surface area contributed by atoms with Gasteiger partial charge in [0.25, 0.3) is 5.69 Å². The van der Waals surface area contributed by atoms with Crippen LogP contribution in [0.3, 0.4) is 0 Å². The first-order valence-corrected chi connectivity index (χ1v) is 6.37. The molecule has 0 spiro atoms. The van der Waals surface area contributed by atoms with E-state index in [0.717, 1.165) is 0 Å². The van der Waals surface area contributed by atoms with Gasteiger partial charge in [-0.2, -0.15) is 13.2 Å². The lowest BCUT2D eigenvalue weighted by molar-refractivity contribution is -0.384. The third kappa shape index (κ3) is 6.21. The summed E-state index contributed by atoms with van der Waals surface area (Å²) in [6.07, 6.45) is -4.41. The lowest BCUT2D eigenvalue weighted by atomic mass is 10.2. The first kappa shape index (κ1) is 16.7. The summed E-state index contributed by atoms with van der Waals surface area (Å²) in [6.45, 7) is 0.798. The van der Waals surface area contributed by atoms with Gasteiger partial charge < -0.3 is 5.32 Å². The maximum atomic E-state index is 11.9. The fraction of sp³-hybridized carbons (Fsp3) is 0.500. The zero-order valence-electron chi connectivity index (χ0n) is 10.5. The summed E-state index contributed by atoms with van der Waals surface area (Å²) in [5.74, 6) is 0. The predicted octanol–water partition coefficient (Wildman–Crippen LogP) is 4.07. The summed E-state index contributed by atoms with van der Waals surface area (Å²) in [5, 5.41) is 13.7. The van der Waals surface area contributed by atoms with E-state index < -0.39 is 17.5 Å². The molecule has 1 N–H and O–H groups in total.